The van der Waals surface area contributed by atoms with Crippen LogP contribution in [0.2, 0.25) is 0 Å². The van der Waals surface area contributed by atoms with E-state index in [-0.39, 0.29) is 0 Å². The van der Waals surface area contributed by atoms with Crippen molar-refractivity contribution in [2.24, 2.45) is 17.8 Å². The van der Waals surface area contributed by atoms with Crippen LogP contribution in [-0.4, -0.2) is 48.6 Å². The molecule has 0 radical (unpaired) electrons. The van der Waals surface area contributed by atoms with Crippen LogP contribution in [0.25, 0.3) is 0 Å². The Kier molecular flexibility index (Phi) is 5.08. The largest absolute Gasteiger partial charge is 0.301 e. The molecule has 2 aliphatic rings. The minimum atomic E-state index is 0.727. The van der Waals surface area contributed by atoms with Gasteiger partial charge in [0.2, 0.25) is 0 Å². The Morgan fingerprint density at radius 3 is 2.06 bits per heavy atom. The fraction of sp³-hybridized carbons (Fsp3) is 1.00. The summed E-state index contributed by atoms with van der Waals surface area (Å²) in [6.07, 6.45) is 4.46. The predicted octanol–water partition coefficient (Wildman–Crippen LogP) is 3.08. The second-order valence-corrected chi connectivity index (χ2v) is 7.10. The SMILES string of the molecule is CC(C)C1CC(CCN2CCN(C(C)C)CC2)C1. The van der Waals surface area contributed by atoms with Gasteiger partial charge in [0.15, 0.2) is 0 Å². The van der Waals surface area contributed by atoms with Crippen LogP contribution >= 0.6 is 0 Å². The first-order valence-corrected chi connectivity index (χ1v) is 8.02. The zero-order valence-corrected chi connectivity index (χ0v) is 12.9. The van der Waals surface area contributed by atoms with Gasteiger partial charge in [-0.15, -0.1) is 0 Å². The van der Waals surface area contributed by atoms with Crippen LogP contribution in [0.1, 0.15) is 47.0 Å². The molecule has 2 nitrogen and oxygen atoms in total. The van der Waals surface area contributed by atoms with Gasteiger partial charge in [-0.05, 0) is 57.4 Å². The summed E-state index contributed by atoms with van der Waals surface area (Å²) in [6.45, 7) is 15.9. The number of rotatable bonds is 5. The van der Waals surface area contributed by atoms with E-state index >= 15 is 0 Å². The quantitative estimate of drug-likeness (QED) is 0.742. The molecule has 0 bridgehead atoms. The maximum Gasteiger partial charge on any atom is 0.0113 e. The van der Waals surface area contributed by atoms with Gasteiger partial charge < -0.3 is 4.90 Å². The van der Waals surface area contributed by atoms with Crippen LogP contribution in [0.3, 0.4) is 0 Å². The third-order valence-corrected chi connectivity index (χ3v) is 5.21. The lowest BCUT2D eigenvalue weighted by atomic mass is 9.68. The van der Waals surface area contributed by atoms with E-state index in [2.05, 4.69) is 37.5 Å². The van der Waals surface area contributed by atoms with Crippen molar-refractivity contribution in [3.05, 3.63) is 0 Å². The molecule has 2 heteroatoms. The van der Waals surface area contributed by atoms with Crippen LogP contribution in [0, 0.1) is 17.8 Å². The zero-order chi connectivity index (χ0) is 13.1. The van der Waals surface area contributed by atoms with Gasteiger partial charge in [-0.2, -0.15) is 0 Å². The summed E-state index contributed by atoms with van der Waals surface area (Å²) in [7, 11) is 0. The molecular formula is C16H32N2. The molecule has 106 valence electrons. The highest BCUT2D eigenvalue weighted by Gasteiger charge is 2.31. The summed E-state index contributed by atoms with van der Waals surface area (Å²) in [6, 6.07) is 0.727. The average Bonchev–Trinajstić information content (AvgIpc) is 2.27. The van der Waals surface area contributed by atoms with Gasteiger partial charge in [-0.25, -0.2) is 0 Å². The van der Waals surface area contributed by atoms with E-state index < -0.39 is 0 Å². The molecule has 0 spiro atoms. The van der Waals surface area contributed by atoms with Crippen LogP contribution < -0.4 is 0 Å². The number of piperazine rings is 1. The van der Waals surface area contributed by atoms with E-state index in [1.807, 2.05) is 0 Å². The lowest BCUT2D eigenvalue weighted by Crippen LogP contribution is -2.49. The molecule has 1 aliphatic carbocycles. The molecule has 1 heterocycles. The van der Waals surface area contributed by atoms with Crippen LogP contribution in [0.15, 0.2) is 0 Å². The predicted molar refractivity (Wildman–Crippen MR) is 78.8 cm³/mol. The Balaban J connectivity index is 1.57. The third-order valence-electron chi connectivity index (χ3n) is 5.21. The summed E-state index contributed by atoms with van der Waals surface area (Å²) in [5.74, 6) is 2.99. The summed E-state index contributed by atoms with van der Waals surface area (Å²) in [5, 5.41) is 0. The second-order valence-electron chi connectivity index (χ2n) is 7.10. The monoisotopic (exact) mass is 252 g/mol. The summed E-state index contributed by atoms with van der Waals surface area (Å²) in [4.78, 5) is 5.29. The molecule has 2 rings (SSSR count). The van der Waals surface area contributed by atoms with Gasteiger partial charge in [0.1, 0.15) is 0 Å². The van der Waals surface area contributed by atoms with E-state index in [0.29, 0.717) is 0 Å². The van der Waals surface area contributed by atoms with E-state index in [9.17, 15) is 0 Å². The van der Waals surface area contributed by atoms with Crippen molar-refractivity contribution in [3.63, 3.8) is 0 Å². The first kappa shape index (κ1) is 14.3. The molecule has 0 aromatic heterocycles. The highest BCUT2D eigenvalue weighted by atomic mass is 15.3. The maximum atomic E-state index is 2.68. The van der Waals surface area contributed by atoms with Gasteiger partial charge >= 0.3 is 0 Å². The highest BCUT2D eigenvalue weighted by Crippen LogP contribution is 2.40. The van der Waals surface area contributed by atoms with Crippen molar-refractivity contribution < 1.29 is 0 Å². The lowest BCUT2D eigenvalue weighted by molar-refractivity contribution is 0.0825. The lowest BCUT2D eigenvalue weighted by Gasteiger charge is -2.41. The Labute approximate surface area is 114 Å². The molecular weight excluding hydrogens is 220 g/mol. The minimum Gasteiger partial charge on any atom is -0.301 e. The Morgan fingerprint density at radius 2 is 1.56 bits per heavy atom. The molecule has 0 N–H and O–H groups in total. The van der Waals surface area contributed by atoms with Gasteiger partial charge in [0, 0.05) is 32.2 Å². The van der Waals surface area contributed by atoms with Crippen molar-refractivity contribution in [1.29, 1.82) is 0 Å². The molecule has 0 atom stereocenters. The van der Waals surface area contributed by atoms with E-state index in [4.69, 9.17) is 0 Å². The zero-order valence-electron chi connectivity index (χ0n) is 12.9. The fourth-order valence-corrected chi connectivity index (χ4v) is 3.44. The minimum absolute atomic E-state index is 0.727. The van der Waals surface area contributed by atoms with Crippen LogP contribution in [0.4, 0.5) is 0 Å². The van der Waals surface area contributed by atoms with E-state index in [1.165, 1.54) is 52.0 Å². The molecule has 1 aliphatic heterocycles. The number of hydrogen-bond acceptors (Lipinski definition) is 2. The van der Waals surface area contributed by atoms with Crippen molar-refractivity contribution in [3.8, 4) is 0 Å². The standard InChI is InChI=1S/C16H32N2/c1-13(2)16-11-15(12-16)5-6-17-7-9-18(10-8-17)14(3)4/h13-16H,5-12H2,1-4H3. The molecule has 18 heavy (non-hydrogen) atoms. The molecule has 1 saturated carbocycles. The smallest absolute Gasteiger partial charge is 0.0113 e. The molecule has 1 saturated heterocycles. The summed E-state index contributed by atoms with van der Waals surface area (Å²) in [5.41, 5.74) is 0. The van der Waals surface area contributed by atoms with E-state index in [0.717, 1.165) is 23.8 Å². The Bertz CT molecular complexity index is 235. The molecule has 0 aromatic rings. The second kappa shape index (κ2) is 6.38. The van der Waals surface area contributed by atoms with Gasteiger partial charge in [0.05, 0.1) is 0 Å². The topological polar surface area (TPSA) is 6.48 Å². The van der Waals surface area contributed by atoms with Gasteiger partial charge in [-0.3, -0.25) is 4.90 Å². The van der Waals surface area contributed by atoms with Crippen molar-refractivity contribution in [2.45, 2.75) is 53.0 Å². The fourth-order valence-electron chi connectivity index (χ4n) is 3.44. The molecule has 0 unspecified atom stereocenters. The van der Waals surface area contributed by atoms with Crippen molar-refractivity contribution >= 4 is 0 Å². The highest BCUT2D eigenvalue weighted by molar-refractivity contribution is 4.83. The normalized spacial score (nSPS) is 31.0. The molecule has 2 fully saturated rings. The molecule has 0 amide bonds. The van der Waals surface area contributed by atoms with Gasteiger partial charge in [-0.1, -0.05) is 13.8 Å². The summed E-state index contributed by atoms with van der Waals surface area (Å²) < 4.78 is 0. The van der Waals surface area contributed by atoms with Gasteiger partial charge in [0.25, 0.3) is 0 Å². The molecule has 0 aromatic carbocycles. The average molecular weight is 252 g/mol. The van der Waals surface area contributed by atoms with E-state index in [1.54, 1.807) is 0 Å². The van der Waals surface area contributed by atoms with Crippen LogP contribution in [-0.2, 0) is 0 Å². The third kappa shape index (κ3) is 3.71. The maximum absolute atomic E-state index is 2.68. The Hall–Kier alpha value is -0.0800. The number of hydrogen-bond donors (Lipinski definition) is 0. The first-order chi connectivity index (χ1) is 8.56. The van der Waals surface area contributed by atoms with Crippen LogP contribution in [0.5, 0.6) is 0 Å². The van der Waals surface area contributed by atoms with Crippen molar-refractivity contribution in [1.82, 2.24) is 9.80 Å². The first-order valence-electron chi connectivity index (χ1n) is 8.02. The number of nitrogens with zero attached hydrogens (tertiary/aromatic N) is 2. The Morgan fingerprint density at radius 1 is 0.944 bits per heavy atom. The summed E-state index contributed by atoms with van der Waals surface area (Å²) >= 11 is 0. The van der Waals surface area contributed by atoms with Crippen molar-refractivity contribution in [2.75, 3.05) is 32.7 Å².